The van der Waals surface area contributed by atoms with Crippen molar-refractivity contribution >= 4 is 34.9 Å². The van der Waals surface area contributed by atoms with Crippen LogP contribution in [0.1, 0.15) is 20.7 Å². The van der Waals surface area contributed by atoms with Crippen LogP contribution in [-0.2, 0) is 0 Å². The molecule has 22 heavy (non-hydrogen) atoms. The minimum Gasteiger partial charge on any atom is -0.478 e. The maximum atomic E-state index is 12.1. The van der Waals surface area contributed by atoms with Gasteiger partial charge in [-0.2, -0.15) is 0 Å². The zero-order valence-electron chi connectivity index (χ0n) is 10.9. The normalized spacial score (nSPS) is 10.0. The number of halogens is 1. The molecule has 0 fully saturated rings. The number of non-ortho nitro benzene ring substituents is 1. The maximum Gasteiger partial charge on any atom is 0.338 e. The number of benzene rings is 2. The van der Waals surface area contributed by atoms with E-state index >= 15 is 0 Å². The molecule has 1 amide bonds. The fourth-order valence-corrected chi connectivity index (χ4v) is 1.99. The second kappa shape index (κ2) is 6.23. The monoisotopic (exact) mass is 320 g/mol. The van der Waals surface area contributed by atoms with Crippen LogP contribution in [0.4, 0.5) is 11.4 Å². The minimum absolute atomic E-state index is 0.0528. The highest BCUT2D eigenvalue weighted by atomic mass is 35.5. The Hall–Kier alpha value is -2.93. The molecule has 2 aromatic rings. The van der Waals surface area contributed by atoms with Gasteiger partial charge in [0.15, 0.2) is 0 Å². The highest BCUT2D eigenvalue weighted by Crippen LogP contribution is 2.24. The van der Waals surface area contributed by atoms with Gasteiger partial charge in [0, 0.05) is 12.1 Å². The average molecular weight is 321 g/mol. The van der Waals surface area contributed by atoms with Gasteiger partial charge < -0.3 is 10.4 Å². The molecular formula is C14H9ClN2O5. The molecule has 2 rings (SSSR count). The van der Waals surface area contributed by atoms with Gasteiger partial charge in [-0.25, -0.2) is 4.79 Å². The highest BCUT2D eigenvalue weighted by Gasteiger charge is 2.18. The van der Waals surface area contributed by atoms with Crippen LogP contribution in [-0.4, -0.2) is 21.9 Å². The predicted molar refractivity (Wildman–Crippen MR) is 79.5 cm³/mol. The number of rotatable bonds is 4. The Morgan fingerprint density at radius 1 is 1.14 bits per heavy atom. The van der Waals surface area contributed by atoms with Crippen molar-refractivity contribution in [2.75, 3.05) is 5.32 Å². The van der Waals surface area contributed by atoms with Crippen molar-refractivity contribution < 1.29 is 19.6 Å². The van der Waals surface area contributed by atoms with Crippen molar-refractivity contribution in [1.29, 1.82) is 0 Å². The van der Waals surface area contributed by atoms with Gasteiger partial charge in [-0.3, -0.25) is 14.9 Å². The van der Waals surface area contributed by atoms with E-state index in [2.05, 4.69) is 5.32 Å². The number of carboxylic acids is 1. The van der Waals surface area contributed by atoms with E-state index in [0.29, 0.717) is 0 Å². The van der Waals surface area contributed by atoms with Gasteiger partial charge in [0.05, 0.1) is 26.8 Å². The summed E-state index contributed by atoms with van der Waals surface area (Å²) in [6.45, 7) is 0. The maximum absolute atomic E-state index is 12.1. The first-order chi connectivity index (χ1) is 10.4. The number of nitrogens with zero attached hydrogens (tertiary/aromatic N) is 1. The molecular weight excluding hydrogens is 312 g/mol. The predicted octanol–water partition coefficient (Wildman–Crippen LogP) is 3.20. The number of amides is 1. The lowest BCUT2D eigenvalue weighted by Gasteiger charge is -2.09. The molecule has 0 radical (unpaired) electrons. The van der Waals surface area contributed by atoms with Crippen molar-refractivity contribution in [2.24, 2.45) is 0 Å². The number of hydrogen-bond donors (Lipinski definition) is 2. The van der Waals surface area contributed by atoms with Gasteiger partial charge in [0.1, 0.15) is 0 Å². The highest BCUT2D eigenvalue weighted by molar-refractivity contribution is 6.34. The molecule has 0 aliphatic heterocycles. The Balaban J connectivity index is 2.37. The minimum atomic E-state index is -1.39. The standard InChI is InChI=1S/C14H9ClN2O5/c15-11-4-2-1-3-9(11)13(18)16-12-6-5-8(17(21)22)7-10(12)14(19)20/h1-7H,(H,16,18)(H,19,20). The molecule has 7 nitrogen and oxygen atoms in total. The Kier molecular flexibility index (Phi) is 4.38. The van der Waals surface area contributed by atoms with E-state index in [4.69, 9.17) is 16.7 Å². The topological polar surface area (TPSA) is 110 Å². The van der Waals surface area contributed by atoms with Crippen molar-refractivity contribution in [3.63, 3.8) is 0 Å². The number of nitro benzene ring substituents is 1. The van der Waals surface area contributed by atoms with Gasteiger partial charge in [-0.1, -0.05) is 23.7 Å². The van der Waals surface area contributed by atoms with Crippen LogP contribution in [0.25, 0.3) is 0 Å². The summed E-state index contributed by atoms with van der Waals surface area (Å²) >= 11 is 5.89. The van der Waals surface area contributed by atoms with E-state index in [1.807, 2.05) is 0 Å². The van der Waals surface area contributed by atoms with E-state index in [-0.39, 0.29) is 27.5 Å². The number of anilines is 1. The fraction of sp³-hybridized carbons (Fsp3) is 0. The van der Waals surface area contributed by atoms with Gasteiger partial charge in [-0.05, 0) is 18.2 Å². The third-order valence-electron chi connectivity index (χ3n) is 2.81. The number of aromatic carboxylic acids is 1. The molecule has 0 aliphatic carbocycles. The zero-order valence-corrected chi connectivity index (χ0v) is 11.7. The first kappa shape index (κ1) is 15.5. The molecule has 0 saturated heterocycles. The first-order valence-corrected chi connectivity index (χ1v) is 6.35. The van der Waals surface area contributed by atoms with Crippen LogP contribution >= 0.6 is 11.6 Å². The summed E-state index contributed by atoms with van der Waals surface area (Å²) in [5.41, 5.74) is -0.648. The van der Waals surface area contributed by atoms with Gasteiger partial charge >= 0.3 is 5.97 Å². The number of carbonyl (C=O) groups is 2. The van der Waals surface area contributed by atoms with Crippen LogP contribution in [0.2, 0.25) is 5.02 Å². The fourth-order valence-electron chi connectivity index (χ4n) is 1.77. The number of carbonyl (C=O) groups excluding carboxylic acids is 1. The molecule has 2 N–H and O–H groups in total. The van der Waals surface area contributed by atoms with Crippen LogP contribution in [0.15, 0.2) is 42.5 Å². The molecule has 0 heterocycles. The largest absolute Gasteiger partial charge is 0.478 e. The van der Waals surface area contributed by atoms with Gasteiger partial charge in [0.2, 0.25) is 0 Å². The number of hydrogen-bond acceptors (Lipinski definition) is 4. The smallest absolute Gasteiger partial charge is 0.338 e. The average Bonchev–Trinajstić information content (AvgIpc) is 2.47. The zero-order chi connectivity index (χ0) is 16.3. The van der Waals surface area contributed by atoms with Crippen LogP contribution in [0, 0.1) is 10.1 Å². The second-order valence-electron chi connectivity index (χ2n) is 4.23. The molecule has 0 atom stereocenters. The molecule has 0 aliphatic rings. The molecule has 112 valence electrons. The van der Waals surface area contributed by atoms with Crippen LogP contribution in [0.3, 0.4) is 0 Å². The van der Waals surface area contributed by atoms with E-state index in [0.717, 1.165) is 18.2 Å². The van der Waals surface area contributed by atoms with Crippen LogP contribution in [0.5, 0.6) is 0 Å². The van der Waals surface area contributed by atoms with Gasteiger partial charge in [-0.15, -0.1) is 0 Å². The summed E-state index contributed by atoms with van der Waals surface area (Å²) in [6.07, 6.45) is 0. The molecule has 0 spiro atoms. The first-order valence-electron chi connectivity index (χ1n) is 5.97. The van der Waals surface area contributed by atoms with E-state index in [9.17, 15) is 19.7 Å². The van der Waals surface area contributed by atoms with E-state index in [1.54, 1.807) is 12.1 Å². The van der Waals surface area contributed by atoms with E-state index in [1.165, 1.54) is 12.1 Å². The molecule has 2 aromatic carbocycles. The number of nitro groups is 1. The Morgan fingerprint density at radius 2 is 1.82 bits per heavy atom. The lowest BCUT2D eigenvalue weighted by atomic mass is 10.1. The quantitative estimate of drug-likeness (QED) is 0.664. The molecule has 8 heteroatoms. The van der Waals surface area contributed by atoms with Crippen LogP contribution < -0.4 is 5.32 Å². The lowest BCUT2D eigenvalue weighted by Crippen LogP contribution is -2.15. The Morgan fingerprint density at radius 3 is 2.41 bits per heavy atom. The molecule has 0 aromatic heterocycles. The lowest BCUT2D eigenvalue weighted by molar-refractivity contribution is -0.384. The summed E-state index contributed by atoms with van der Waals surface area (Å²) < 4.78 is 0. The molecule has 0 saturated carbocycles. The SMILES string of the molecule is O=C(Nc1ccc([N+](=O)[O-])cc1C(=O)O)c1ccccc1Cl. The number of carboxylic acid groups (broad SMARTS) is 1. The summed E-state index contributed by atoms with van der Waals surface area (Å²) in [4.78, 5) is 33.3. The second-order valence-corrected chi connectivity index (χ2v) is 4.63. The summed E-state index contributed by atoms with van der Waals surface area (Å²) in [7, 11) is 0. The molecule has 0 bridgehead atoms. The van der Waals surface area contributed by atoms with Crippen molar-refractivity contribution in [2.45, 2.75) is 0 Å². The summed E-state index contributed by atoms with van der Waals surface area (Å²) in [6, 6.07) is 9.39. The van der Waals surface area contributed by atoms with E-state index < -0.39 is 16.8 Å². The van der Waals surface area contributed by atoms with Crippen molar-refractivity contribution in [3.8, 4) is 0 Å². The van der Waals surface area contributed by atoms with Crippen molar-refractivity contribution in [1.82, 2.24) is 0 Å². The number of nitrogens with one attached hydrogen (secondary N) is 1. The molecule has 0 unspecified atom stereocenters. The summed E-state index contributed by atoms with van der Waals surface area (Å²) in [5.74, 6) is -2.00. The third-order valence-corrected chi connectivity index (χ3v) is 3.14. The van der Waals surface area contributed by atoms with Crippen molar-refractivity contribution in [3.05, 3.63) is 68.7 Å². The summed E-state index contributed by atoms with van der Waals surface area (Å²) in [5, 5.41) is 22.4. The van der Waals surface area contributed by atoms with Gasteiger partial charge in [0.25, 0.3) is 11.6 Å². The Labute approximate surface area is 129 Å². The Bertz CT molecular complexity index is 776. The third kappa shape index (κ3) is 3.21.